The molecule has 2 atom stereocenters. The molecule has 0 aliphatic carbocycles. The molecule has 2 nitrogen and oxygen atoms in total. The minimum Gasteiger partial charge on any atom is -0.323 e. The van der Waals surface area contributed by atoms with E-state index in [0.717, 1.165) is 30.6 Å². The Morgan fingerprint density at radius 3 is 2.65 bits per heavy atom. The number of hydrogen-bond acceptors (Lipinski definition) is 2. The highest BCUT2D eigenvalue weighted by atomic mass is 32.2. The van der Waals surface area contributed by atoms with Crippen LogP contribution < -0.4 is 5.73 Å². The zero-order valence-corrected chi connectivity index (χ0v) is 12.9. The third kappa shape index (κ3) is 3.90. The first kappa shape index (κ1) is 15.2. The molecule has 2 aromatic rings. The van der Waals surface area contributed by atoms with Crippen LogP contribution in [0.15, 0.2) is 42.5 Å². The van der Waals surface area contributed by atoms with Crippen LogP contribution >= 0.6 is 0 Å². The average Bonchev–Trinajstić information content (AvgIpc) is 2.47. The topological polar surface area (TPSA) is 43.1 Å². The summed E-state index contributed by atoms with van der Waals surface area (Å²) in [7, 11) is -0.820. The summed E-state index contributed by atoms with van der Waals surface area (Å²) in [5, 5.41) is 2.37. The summed E-state index contributed by atoms with van der Waals surface area (Å²) in [5.41, 5.74) is 7.38. The molecular weight excluding hydrogens is 266 g/mol. The maximum absolute atomic E-state index is 12.1. The molecule has 0 spiro atoms. The van der Waals surface area contributed by atoms with Gasteiger partial charge in [0.25, 0.3) is 0 Å². The molecule has 0 aliphatic heterocycles. The Hall–Kier alpha value is -1.19. The van der Waals surface area contributed by atoms with E-state index < -0.39 is 10.8 Å². The monoisotopic (exact) mass is 289 g/mol. The van der Waals surface area contributed by atoms with Crippen LogP contribution in [-0.4, -0.2) is 15.7 Å². The second-order valence-electron chi connectivity index (χ2n) is 5.19. The number of fused-ring (bicyclic) bond motifs is 1. The molecule has 0 bridgehead atoms. The summed E-state index contributed by atoms with van der Waals surface area (Å²) in [4.78, 5) is 0. The lowest BCUT2D eigenvalue weighted by Crippen LogP contribution is -2.20. The minimum absolute atomic E-state index is 0.149. The summed E-state index contributed by atoms with van der Waals surface area (Å²) >= 11 is 0. The normalized spacial score (nSPS) is 14.3. The van der Waals surface area contributed by atoms with E-state index in [1.54, 1.807) is 0 Å². The first-order valence-corrected chi connectivity index (χ1v) is 8.79. The fraction of sp³-hybridized carbons (Fsp3) is 0.412. The van der Waals surface area contributed by atoms with Crippen molar-refractivity contribution in [1.82, 2.24) is 0 Å². The molecule has 0 saturated heterocycles. The molecular formula is C17H23NOS. The van der Waals surface area contributed by atoms with Crippen molar-refractivity contribution in [1.29, 1.82) is 0 Å². The molecule has 0 fully saturated rings. The Kier molecular flexibility index (Phi) is 5.74. The summed E-state index contributed by atoms with van der Waals surface area (Å²) in [6.07, 6.45) is 3.34. The Balaban J connectivity index is 2.07. The van der Waals surface area contributed by atoms with Gasteiger partial charge in [-0.05, 0) is 22.8 Å². The third-order valence-electron chi connectivity index (χ3n) is 3.56. The first-order chi connectivity index (χ1) is 9.72. The predicted octanol–water partition coefficient (Wildman–Crippen LogP) is 3.78. The van der Waals surface area contributed by atoms with Crippen LogP contribution in [0.3, 0.4) is 0 Å². The molecule has 0 heterocycles. The summed E-state index contributed by atoms with van der Waals surface area (Å²) < 4.78 is 12.1. The van der Waals surface area contributed by atoms with Gasteiger partial charge in [-0.15, -0.1) is 0 Å². The van der Waals surface area contributed by atoms with E-state index in [4.69, 9.17) is 5.73 Å². The highest BCUT2D eigenvalue weighted by molar-refractivity contribution is 7.85. The van der Waals surface area contributed by atoms with Gasteiger partial charge in [-0.1, -0.05) is 62.2 Å². The molecule has 108 valence electrons. The first-order valence-electron chi connectivity index (χ1n) is 7.30. The summed E-state index contributed by atoms with van der Waals surface area (Å²) in [6.45, 7) is 2.16. The number of rotatable bonds is 7. The fourth-order valence-corrected chi connectivity index (χ4v) is 3.73. The molecule has 0 aromatic heterocycles. The standard InChI is InChI=1S/C17H23NOS/c1-2-3-6-12-20(19)13-17(18)16-11-7-9-14-8-4-5-10-15(14)16/h4-5,7-11,17H,2-3,6,12-13,18H2,1H3. The number of unbranched alkanes of at least 4 members (excludes halogenated alkanes) is 2. The van der Waals surface area contributed by atoms with Crippen LogP contribution in [0.5, 0.6) is 0 Å². The largest absolute Gasteiger partial charge is 0.323 e. The van der Waals surface area contributed by atoms with Crippen LogP contribution in [0.4, 0.5) is 0 Å². The van der Waals surface area contributed by atoms with Crippen molar-refractivity contribution in [2.45, 2.75) is 32.2 Å². The highest BCUT2D eigenvalue weighted by Gasteiger charge is 2.12. The average molecular weight is 289 g/mol. The van der Waals surface area contributed by atoms with Gasteiger partial charge in [-0.3, -0.25) is 4.21 Å². The molecule has 0 aliphatic rings. The second kappa shape index (κ2) is 7.55. The van der Waals surface area contributed by atoms with Crippen molar-refractivity contribution in [2.24, 2.45) is 5.73 Å². The molecule has 0 amide bonds. The zero-order chi connectivity index (χ0) is 14.4. The number of hydrogen-bond donors (Lipinski definition) is 1. The molecule has 2 unspecified atom stereocenters. The van der Waals surface area contributed by atoms with E-state index >= 15 is 0 Å². The lowest BCUT2D eigenvalue weighted by atomic mass is 10.0. The van der Waals surface area contributed by atoms with Gasteiger partial charge < -0.3 is 5.73 Å². The molecule has 2 rings (SSSR count). The smallest absolute Gasteiger partial charge is 0.0428 e. The third-order valence-corrected chi connectivity index (χ3v) is 5.04. The van der Waals surface area contributed by atoms with E-state index in [2.05, 4.69) is 31.2 Å². The Labute approximate surface area is 123 Å². The van der Waals surface area contributed by atoms with E-state index in [9.17, 15) is 4.21 Å². The zero-order valence-electron chi connectivity index (χ0n) is 12.0. The quantitative estimate of drug-likeness (QED) is 0.788. The van der Waals surface area contributed by atoms with Crippen molar-refractivity contribution >= 4 is 21.6 Å². The molecule has 0 radical (unpaired) electrons. The van der Waals surface area contributed by atoms with Crippen molar-refractivity contribution in [3.8, 4) is 0 Å². The lowest BCUT2D eigenvalue weighted by Gasteiger charge is -2.14. The fourth-order valence-electron chi connectivity index (χ4n) is 2.46. The van der Waals surface area contributed by atoms with E-state index in [1.165, 1.54) is 10.8 Å². The van der Waals surface area contributed by atoms with Crippen LogP contribution in [0.2, 0.25) is 0 Å². The van der Waals surface area contributed by atoms with Gasteiger partial charge in [0.05, 0.1) is 0 Å². The van der Waals surface area contributed by atoms with Crippen molar-refractivity contribution in [3.05, 3.63) is 48.0 Å². The van der Waals surface area contributed by atoms with Crippen LogP contribution in [0.25, 0.3) is 10.8 Å². The summed E-state index contributed by atoms with van der Waals surface area (Å²) in [6, 6.07) is 14.2. The van der Waals surface area contributed by atoms with E-state index in [-0.39, 0.29) is 6.04 Å². The van der Waals surface area contributed by atoms with Gasteiger partial charge in [-0.2, -0.15) is 0 Å². The molecule has 0 saturated carbocycles. The van der Waals surface area contributed by atoms with E-state index in [1.807, 2.05) is 18.2 Å². The Morgan fingerprint density at radius 2 is 1.85 bits per heavy atom. The maximum atomic E-state index is 12.1. The number of benzene rings is 2. The van der Waals surface area contributed by atoms with Crippen LogP contribution in [0.1, 0.15) is 37.8 Å². The van der Waals surface area contributed by atoms with Gasteiger partial charge in [0, 0.05) is 28.3 Å². The predicted molar refractivity (Wildman–Crippen MR) is 88.3 cm³/mol. The van der Waals surface area contributed by atoms with Gasteiger partial charge in [0.2, 0.25) is 0 Å². The van der Waals surface area contributed by atoms with Gasteiger partial charge >= 0.3 is 0 Å². The van der Waals surface area contributed by atoms with Crippen molar-refractivity contribution < 1.29 is 4.21 Å². The molecule has 2 N–H and O–H groups in total. The summed E-state index contributed by atoms with van der Waals surface area (Å²) in [5.74, 6) is 1.32. The van der Waals surface area contributed by atoms with Crippen molar-refractivity contribution in [3.63, 3.8) is 0 Å². The van der Waals surface area contributed by atoms with Crippen molar-refractivity contribution in [2.75, 3.05) is 11.5 Å². The Bertz CT molecular complexity index is 577. The molecule has 2 aromatic carbocycles. The molecule has 3 heteroatoms. The van der Waals surface area contributed by atoms with Crippen LogP contribution in [-0.2, 0) is 10.8 Å². The van der Waals surface area contributed by atoms with E-state index in [0.29, 0.717) is 5.75 Å². The second-order valence-corrected chi connectivity index (χ2v) is 6.81. The van der Waals surface area contributed by atoms with Gasteiger partial charge in [-0.25, -0.2) is 0 Å². The highest BCUT2D eigenvalue weighted by Crippen LogP contribution is 2.23. The lowest BCUT2D eigenvalue weighted by molar-refractivity contribution is 0.669. The molecule has 20 heavy (non-hydrogen) atoms. The maximum Gasteiger partial charge on any atom is 0.0428 e. The van der Waals surface area contributed by atoms with Gasteiger partial charge in [0.15, 0.2) is 0 Å². The van der Waals surface area contributed by atoms with Crippen LogP contribution in [0, 0.1) is 0 Å². The minimum atomic E-state index is -0.820. The van der Waals surface area contributed by atoms with Gasteiger partial charge in [0.1, 0.15) is 0 Å². The Morgan fingerprint density at radius 1 is 1.10 bits per heavy atom. The SMILES string of the molecule is CCCCCS(=O)CC(N)c1cccc2ccccc12. The number of nitrogens with two attached hydrogens (primary N) is 1.